The van der Waals surface area contributed by atoms with E-state index in [1.54, 1.807) is 12.5 Å². The molecule has 1 atom stereocenters. The lowest BCUT2D eigenvalue weighted by atomic mass is 10.0. The number of carbonyl (C=O) groups is 1. The van der Waals surface area contributed by atoms with E-state index in [4.69, 9.17) is 0 Å². The predicted molar refractivity (Wildman–Crippen MR) is 80.6 cm³/mol. The Morgan fingerprint density at radius 1 is 1.33 bits per heavy atom. The highest BCUT2D eigenvalue weighted by Crippen LogP contribution is 2.22. The van der Waals surface area contributed by atoms with Crippen molar-refractivity contribution in [2.45, 2.75) is 19.0 Å². The number of aryl methyl sites for hydroxylation is 1. The lowest BCUT2D eigenvalue weighted by molar-refractivity contribution is -0.134. The standard InChI is InChI=1S/C16H20N4O/c21-16(6-9-19-10-7-18-13-19)20-11-8-17-12-15(20)14-4-2-1-3-5-14/h1-5,7,10,13,15,17H,6,8-9,11-12H2/t15-/m1/s1. The number of hydrogen-bond donors (Lipinski definition) is 1. The van der Waals surface area contributed by atoms with Crippen molar-refractivity contribution in [1.29, 1.82) is 0 Å². The summed E-state index contributed by atoms with van der Waals surface area (Å²) in [7, 11) is 0. The van der Waals surface area contributed by atoms with Gasteiger partial charge in [0.15, 0.2) is 0 Å². The van der Waals surface area contributed by atoms with Gasteiger partial charge < -0.3 is 14.8 Å². The van der Waals surface area contributed by atoms with Crippen LogP contribution < -0.4 is 5.32 Å². The molecule has 1 N–H and O–H groups in total. The van der Waals surface area contributed by atoms with Gasteiger partial charge in [-0.15, -0.1) is 0 Å². The van der Waals surface area contributed by atoms with Gasteiger partial charge in [0.2, 0.25) is 5.91 Å². The van der Waals surface area contributed by atoms with Gasteiger partial charge in [-0.05, 0) is 5.56 Å². The summed E-state index contributed by atoms with van der Waals surface area (Å²) in [4.78, 5) is 18.5. The van der Waals surface area contributed by atoms with Gasteiger partial charge in [-0.1, -0.05) is 30.3 Å². The van der Waals surface area contributed by atoms with Gasteiger partial charge in [0.1, 0.15) is 0 Å². The van der Waals surface area contributed by atoms with E-state index in [0.29, 0.717) is 13.0 Å². The van der Waals surface area contributed by atoms with Crippen LogP contribution in [0.2, 0.25) is 0 Å². The van der Waals surface area contributed by atoms with Crippen molar-refractivity contribution >= 4 is 5.91 Å². The smallest absolute Gasteiger partial charge is 0.224 e. The number of aromatic nitrogens is 2. The number of carbonyl (C=O) groups excluding carboxylic acids is 1. The molecule has 1 amide bonds. The number of rotatable bonds is 4. The highest BCUT2D eigenvalue weighted by molar-refractivity contribution is 5.76. The van der Waals surface area contributed by atoms with Crippen LogP contribution in [0.4, 0.5) is 0 Å². The molecule has 3 rings (SSSR count). The first-order chi connectivity index (χ1) is 10.3. The lowest BCUT2D eigenvalue weighted by Crippen LogP contribution is -2.48. The molecule has 1 saturated heterocycles. The Balaban J connectivity index is 1.67. The summed E-state index contributed by atoms with van der Waals surface area (Å²) < 4.78 is 1.94. The third-order valence-corrected chi connectivity index (χ3v) is 3.89. The Morgan fingerprint density at radius 3 is 2.95 bits per heavy atom. The van der Waals surface area contributed by atoms with Crippen molar-refractivity contribution in [3.8, 4) is 0 Å². The fourth-order valence-corrected chi connectivity index (χ4v) is 2.76. The fraction of sp³-hybridized carbons (Fsp3) is 0.375. The maximum Gasteiger partial charge on any atom is 0.224 e. The zero-order chi connectivity index (χ0) is 14.5. The Hall–Kier alpha value is -2.14. The zero-order valence-corrected chi connectivity index (χ0v) is 12.0. The maximum atomic E-state index is 12.5. The molecule has 0 unspecified atom stereocenters. The van der Waals surface area contributed by atoms with Crippen molar-refractivity contribution in [3.63, 3.8) is 0 Å². The Labute approximate surface area is 124 Å². The number of amides is 1. The van der Waals surface area contributed by atoms with Crippen LogP contribution in [0.5, 0.6) is 0 Å². The third-order valence-electron chi connectivity index (χ3n) is 3.89. The Kier molecular flexibility index (Phi) is 4.31. The number of nitrogens with zero attached hydrogens (tertiary/aromatic N) is 3. The monoisotopic (exact) mass is 284 g/mol. The Morgan fingerprint density at radius 2 is 2.19 bits per heavy atom. The van der Waals surface area contributed by atoms with Gasteiger partial charge in [-0.25, -0.2) is 4.98 Å². The largest absolute Gasteiger partial charge is 0.337 e. The molecule has 1 aromatic carbocycles. The molecule has 21 heavy (non-hydrogen) atoms. The van der Waals surface area contributed by atoms with E-state index in [9.17, 15) is 4.79 Å². The molecule has 2 heterocycles. The molecule has 1 aromatic heterocycles. The topological polar surface area (TPSA) is 50.2 Å². The summed E-state index contributed by atoms with van der Waals surface area (Å²) >= 11 is 0. The van der Waals surface area contributed by atoms with Gasteiger partial charge in [0.25, 0.3) is 0 Å². The van der Waals surface area contributed by atoms with E-state index in [-0.39, 0.29) is 11.9 Å². The van der Waals surface area contributed by atoms with Gasteiger partial charge in [-0.2, -0.15) is 0 Å². The van der Waals surface area contributed by atoms with E-state index >= 15 is 0 Å². The van der Waals surface area contributed by atoms with Crippen LogP contribution in [-0.4, -0.2) is 40.0 Å². The number of nitrogens with one attached hydrogen (secondary N) is 1. The summed E-state index contributed by atoms with van der Waals surface area (Å²) in [5.74, 6) is 0.207. The molecule has 5 heteroatoms. The van der Waals surface area contributed by atoms with Crippen molar-refractivity contribution in [1.82, 2.24) is 19.8 Å². The molecular weight excluding hydrogens is 264 g/mol. The average Bonchev–Trinajstić information content (AvgIpc) is 3.07. The van der Waals surface area contributed by atoms with Crippen LogP contribution in [0.15, 0.2) is 49.1 Å². The first kappa shape index (κ1) is 13.8. The van der Waals surface area contributed by atoms with Crippen molar-refractivity contribution in [3.05, 3.63) is 54.6 Å². The SMILES string of the molecule is O=C(CCn1ccnc1)N1CCNC[C@@H]1c1ccccc1. The summed E-state index contributed by atoms with van der Waals surface area (Å²) in [6.45, 7) is 3.13. The minimum atomic E-state index is 0.134. The van der Waals surface area contributed by atoms with Crippen molar-refractivity contribution in [2.75, 3.05) is 19.6 Å². The zero-order valence-electron chi connectivity index (χ0n) is 12.0. The minimum absolute atomic E-state index is 0.134. The molecule has 0 spiro atoms. The van der Waals surface area contributed by atoms with Crippen molar-refractivity contribution in [2.24, 2.45) is 0 Å². The second-order valence-corrected chi connectivity index (χ2v) is 5.27. The number of benzene rings is 1. The van der Waals surface area contributed by atoms with Gasteiger partial charge in [0.05, 0.1) is 12.4 Å². The first-order valence-electron chi connectivity index (χ1n) is 7.35. The summed E-state index contributed by atoms with van der Waals surface area (Å²) in [6.07, 6.45) is 5.89. The minimum Gasteiger partial charge on any atom is -0.337 e. The summed E-state index contributed by atoms with van der Waals surface area (Å²) in [5, 5.41) is 3.38. The second kappa shape index (κ2) is 6.54. The van der Waals surface area contributed by atoms with Crippen LogP contribution in [0.3, 0.4) is 0 Å². The normalized spacial score (nSPS) is 18.7. The second-order valence-electron chi connectivity index (χ2n) is 5.27. The fourth-order valence-electron chi connectivity index (χ4n) is 2.76. The molecule has 2 aromatic rings. The maximum absolute atomic E-state index is 12.5. The molecule has 1 aliphatic rings. The van der Waals surface area contributed by atoms with E-state index in [0.717, 1.165) is 19.6 Å². The predicted octanol–water partition coefficient (Wildman–Crippen LogP) is 1.45. The average molecular weight is 284 g/mol. The highest BCUT2D eigenvalue weighted by Gasteiger charge is 2.27. The highest BCUT2D eigenvalue weighted by atomic mass is 16.2. The summed E-state index contributed by atoms with van der Waals surface area (Å²) in [6, 6.07) is 10.4. The van der Waals surface area contributed by atoms with Crippen molar-refractivity contribution < 1.29 is 4.79 Å². The van der Waals surface area contributed by atoms with Crippen LogP contribution in [0, 0.1) is 0 Å². The van der Waals surface area contributed by atoms with Crippen LogP contribution in [0.1, 0.15) is 18.0 Å². The molecule has 110 valence electrons. The molecule has 0 bridgehead atoms. The van der Waals surface area contributed by atoms with Crippen LogP contribution >= 0.6 is 0 Å². The molecule has 0 radical (unpaired) electrons. The number of imidazole rings is 1. The molecule has 1 fully saturated rings. The molecule has 1 aliphatic heterocycles. The molecule has 5 nitrogen and oxygen atoms in total. The number of piperazine rings is 1. The van der Waals surface area contributed by atoms with E-state index in [1.165, 1.54) is 5.56 Å². The Bertz CT molecular complexity index is 567. The number of hydrogen-bond acceptors (Lipinski definition) is 3. The molecular formula is C16H20N4O. The van der Waals surface area contributed by atoms with Crippen LogP contribution in [0.25, 0.3) is 0 Å². The third kappa shape index (κ3) is 3.31. The quantitative estimate of drug-likeness (QED) is 0.924. The van der Waals surface area contributed by atoms with Crippen LogP contribution in [-0.2, 0) is 11.3 Å². The lowest BCUT2D eigenvalue weighted by Gasteiger charge is -2.36. The molecule has 0 aliphatic carbocycles. The van der Waals surface area contributed by atoms with E-state index in [1.807, 2.05) is 33.9 Å². The molecule has 0 saturated carbocycles. The van der Waals surface area contributed by atoms with E-state index < -0.39 is 0 Å². The van der Waals surface area contributed by atoms with Gasteiger partial charge in [-0.3, -0.25) is 4.79 Å². The summed E-state index contributed by atoms with van der Waals surface area (Å²) in [5.41, 5.74) is 1.20. The van der Waals surface area contributed by atoms with E-state index in [2.05, 4.69) is 22.4 Å². The van der Waals surface area contributed by atoms with Gasteiger partial charge in [0, 0.05) is 45.0 Å². The first-order valence-corrected chi connectivity index (χ1v) is 7.35. The van der Waals surface area contributed by atoms with Gasteiger partial charge >= 0.3 is 0 Å².